The molecule has 1 unspecified atom stereocenters. The SMILES string of the molecule is Cc1c(C(=O)N2CCCC2)ccc(C(N)=O)c1C(Cc1ccncc1)c1nc2ccc(Cl)cc2[nH]1. The molecule has 35 heavy (non-hydrogen) atoms. The van der Waals surface area contributed by atoms with Crippen molar-refractivity contribution in [2.75, 3.05) is 13.1 Å². The van der Waals surface area contributed by atoms with Gasteiger partial charge in [0.15, 0.2) is 0 Å². The van der Waals surface area contributed by atoms with Crippen molar-refractivity contribution in [3.63, 3.8) is 0 Å². The number of pyridine rings is 1. The molecule has 2 amide bonds. The fraction of sp³-hybridized carbons (Fsp3) is 0.259. The number of halogens is 1. The zero-order valence-corrected chi connectivity index (χ0v) is 20.2. The minimum atomic E-state index is -0.540. The van der Waals surface area contributed by atoms with Crippen molar-refractivity contribution in [2.24, 2.45) is 5.73 Å². The van der Waals surface area contributed by atoms with Crippen LogP contribution in [0.25, 0.3) is 11.0 Å². The Morgan fingerprint density at radius 3 is 2.51 bits per heavy atom. The number of rotatable bonds is 6. The van der Waals surface area contributed by atoms with E-state index in [9.17, 15) is 9.59 Å². The summed E-state index contributed by atoms with van der Waals surface area (Å²) >= 11 is 6.21. The maximum atomic E-state index is 13.4. The average molecular weight is 488 g/mol. The Hall–Kier alpha value is -3.71. The summed E-state index contributed by atoms with van der Waals surface area (Å²) in [6, 6.07) is 12.7. The van der Waals surface area contributed by atoms with Crippen molar-refractivity contribution in [2.45, 2.75) is 32.1 Å². The quantitative estimate of drug-likeness (QED) is 0.413. The number of carbonyl (C=O) groups is 2. The molecule has 2 aromatic carbocycles. The zero-order valence-electron chi connectivity index (χ0n) is 19.4. The van der Waals surface area contributed by atoms with E-state index >= 15 is 0 Å². The van der Waals surface area contributed by atoms with Crippen molar-refractivity contribution in [3.8, 4) is 0 Å². The van der Waals surface area contributed by atoms with Crippen LogP contribution >= 0.6 is 11.6 Å². The van der Waals surface area contributed by atoms with Crippen molar-refractivity contribution < 1.29 is 9.59 Å². The molecule has 0 spiro atoms. The summed E-state index contributed by atoms with van der Waals surface area (Å²) in [6.45, 7) is 3.38. The monoisotopic (exact) mass is 487 g/mol. The van der Waals surface area contributed by atoms with Gasteiger partial charge in [-0.2, -0.15) is 0 Å². The van der Waals surface area contributed by atoms with E-state index < -0.39 is 5.91 Å². The van der Waals surface area contributed by atoms with E-state index in [2.05, 4.69) is 9.97 Å². The highest BCUT2D eigenvalue weighted by Crippen LogP contribution is 2.35. The van der Waals surface area contributed by atoms with Gasteiger partial charge in [0, 0.05) is 47.6 Å². The van der Waals surface area contributed by atoms with Crippen LogP contribution in [0.1, 0.15) is 62.0 Å². The molecule has 0 saturated carbocycles. The van der Waals surface area contributed by atoms with Gasteiger partial charge >= 0.3 is 0 Å². The number of aromatic amines is 1. The van der Waals surface area contributed by atoms with E-state index in [1.165, 1.54) is 0 Å². The summed E-state index contributed by atoms with van der Waals surface area (Å²) in [5, 5.41) is 0.602. The largest absolute Gasteiger partial charge is 0.366 e. The minimum absolute atomic E-state index is 0.0173. The summed E-state index contributed by atoms with van der Waals surface area (Å²) in [5.41, 5.74) is 10.9. The molecule has 5 rings (SSSR count). The normalized spacial score (nSPS) is 14.4. The van der Waals surface area contributed by atoms with E-state index in [-0.39, 0.29) is 11.8 Å². The van der Waals surface area contributed by atoms with E-state index in [0.717, 1.165) is 48.1 Å². The van der Waals surface area contributed by atoms with Crippen molar-refractivity contribution in [3.05, 3.63) is 93.5 Å². The zero-order chi connectivity index (χ0) is 24.5. The standard InChI is InChI=1S/C27H26ClN5O2/c1-16-19(27(35)33-12-2-3-13-33)5-6-20(25(29)34)24(16)21(14-17-8-10-30-11-9-17)26-31-22-7-4-18(28)15-23(22)32-26/h4-11,15,21H,2-3,12-14H2,1H3,(H2,29,34)(H,31,32). The maximum Gasteiger partial charge on any atom is 0.254 e. The molecule has 7 nitrogen and oxygen atoms in total. The number of fused-ring (bicyclic) bond motifs is 1. The molecule has 178 valence electrons. The van der Waals surface area contributed by atoms with Gasteiger partial charge < -0.3 is 15.6 Å². The summed E-state index contributed by atoms with van der Waals surface area (Å²) in [6.07, 6.45) is 6.02. The van der Waals surface area contributed by atoms with Crippen LogP contribution in [-0.2, 0) is 6.42 Å². The third-order valence-corrected chi connectivity index (χ3v) is 6.97. The highest BCUT2D eigenvalue weighted by Gasteiger charge is 2.29. The third kappa shape index (κ3) is 4.51. The van der Waals surface area contributed by atoms with Crippen molar-refractivity contribution in [1.29, 1.82) is 0 Å². The summed E-state index contributed by atoms with van der Waals surface area (Å²) in [5.74, 6) is -0.230. The Balaban J connectivity index is 1.70. The Bertz CT molecular complexity index is 1410. The highest BCUT2D eigenvalue weighted by atomic mass is 35.5. The molecule has 0 aliphatic carbocycles. The predicted octanol–water partition coefficient (Wildman–Crippen LogP) is 4.63. The van der Waals surface area contributed by atoms with Gasteiger partial charge in [0.25, 0.3) is 5.91 Å². The summed E-state index contributed by atoms with van der Waals surface area (Å²) < 4.78 is 0. The Labute approximate surface area is 208 Å². The van der Waals surface area contributed by atoms with E-state index in [0.29, 0.717) is 34.0 Å². The summed E-state index contributed by atoms with van der Waals surface area (Å²) in [7, 11) is 0. The van der Waals surface area contributed by atoms with Crippen LogP contribution in [0.3, 0.4) is 0 Å². The molecular formula is C27H26ClN5O2. The molecule has 1 fully saturated rings. The Kier molecular flexibility index (Phi) is 6.26. The number of nitrogens with zero attached hydrogens (tertiary/aromatic N) is 3. The summed E-state index contributed by atoms with van der Waals surface area (Å²) in [4.78, 5) is 40.2. The van der Waals surface area contributed by atoms with Crippen molar-refractivity contribution >= 4 is 34.4 Å². The van der Waals surface area contributed by atoms with Gasteiger partial charge in [-0.3, -0.25) is 14.6 Å². The first-order chi connectivity index (χ1) is 16.9. The molecule has 1 saturated heterocycles. The molecule has 1 aliphatic heterocycles. The topological polar surface area (TPSA) is 105 Å². The van der Waals surface area contributed by atoms with Gasteiger partial charge in [0.2, 0.25) is 5.91 Å². The lowest BCUT2D eigenvalue weighted by atomic mass is 9.83. The van der Waals surface area contributed by atoms with Gasteiger partial charge in [-0.25, -0.2) is 4.98 Å². The molecule has 3 heterocycles. The van der Waals surface area contributed by atoms with Gasteiger partial charge in [-0.05, 0) is 85.3 Å². The van der Waals surface area contributed by atoms with Crippen LogP contribution in [0.15, 0.2) is 54.9 Å². The second-order valence-corrected chi connectivity index (χ2v) is 9.40. The Morgan fingerprint density at radius 1 is 1.09 bits per heavy atom. The molecule has 3 N–H and O–H groups in total. The average Bonchev–Trinajstić information content (AvgIpc) is 3.53. The van der Waals surface area contributed by atoms with Crippen molar-refractivity contribution in [1.82, 2.24) is 19.9 Å². The van der Waals surface area contributed by atoms with Crippen LogP contribution in [0.2, 0.25) is 5.02 Å². The fourth-order valence-electron chi connectivity index (χ4n) is 4.97. The smallest absolute Gasteiger partial charge is 0.254 e. The minimum Gasteiger partial charge on any atom is -0.366 e. The number of carbonyl (C=O) groups excluding carboxylic acids is 2. The number of aromatic nitrogens is 3. The molecule has 1 aliphatic rings. The first kappa shape index (κ1) is 23.1. The van der Waals surface area contributed by atoms with Crippen LogP contribution in [0.5, 0.6) is 0 Å². The number of likely N-dealkylation sites (tertiary alicyclic amines) is 1. The first-order valence-electron chi connectivity index (χ1n) is 11.7. The van der Waals surface area contributed by atoms with Crippen LogP contribution in [-0.4, -0.2) is 44.8 Å². The van der Waals surface area contributed by atoms with Crippen LogP contribution in [0.4, 0.5) is 0 Å². The van der Waals surface area contributed by atoms with Gasteiger partial charge in [0.1, 0.15) is 5.82 Å². The number of hydrogen-bond donors (Lipinski definition) is 2. The molecule has 0 radical (unpaired) electrons. The molecule has 4 aromatic rings. The number of benzene rings is 2. The number of hydrogen-bond acceptors (Lipinski definition) is 4. The lowest BCUT2D eigenvalue weighted by Crippen LogP contribution is -2.29. The number of nitrogens with two attached hydrogens (primary N) is 1. The number of amides is 2. The third-order valence-electron chi connectivity index (χ3n) is 6.73. The lowest BCUT2D eigenvalue weighted by Gasteiger charge is -2.24. The predicted molar refractivity (Wildman–Crippen MR) is 136 cm³/mol. The molecular weight excluding hydrogens is 462 g/mol. The van der Waals surface area contributed by atoms with Gasteiger partial charge in [-0.1, -0.05) is 11.6 Å². The second kappa shape index (κ2) is 9.50. The lowest BCUT2D eigenvalue weighted by molar-refractivity contribution is 0.0791. The second-order valence-electron chi connectivity index (χ2n) is 8.96. The molecule has 1 atom stereocenters. The van der Waals surface area contributed by atoms with E-state index in [1.807, 2.05) is 36.1 Å². The maximum absolute atomic E-state index is 13.4. The highest BCUT2D eigenvalue weighted by molar-refractivity contribution is 6.31. The van der Waals surface area contributed by atoms with Crippen LogP contribution < -0.4 is 5.73 Å². The molecule has 2 aromatic heterocycles. The van der Waals surface area contributed by atoms with E-state index in [4.69, 9.17) is 22.3 Å². The fourth-order valence-corrected chi connectivity index (χ4v) is 5.14. The first-order valence-corrected chi connectivity index (χ1v) is 12.1. The number of imidazole rings is 1. The van der Waals surface area contributed by atoms with Crippen LogP contribution in [0, 0.1) is 6.92 Å². The molecule has 8 heteroatoms. The number of H-pyrrole nitrogens is 1. The van der Waals surface area contributed by atoms with E-state index in [1.54, 1.807) is 30.6 Å². The van der Waals surface area contributed by atoms with Gasteiger partial charge in [-0.15, -0.1) is 0 Å². The Morgan fingerprint density at radius 2 is 1.80 bits per heavy atom. The number of primary amides is 1. The van der Waals surface area contributed by atoms with Gasteiger partial charge in [0.05, 0.1) is 11.0 Å². The number of nitrogens with one attached hydrogen (secondary N) is 1. The molecule has 0 bridgehead atoms.